The Morgan fingerprint density at radius 2 is 1.81 bits per heavy atom. The van der Waals surface area contributed by atoms with Crippen molar-refractivity contribution in [2.24, 2.45) is 17.2 Å². The molecule has 1 rings (SSSR count). The van der Waals surface area contributed by atoms with Crippen LogP contribution in [-0.4, -0.2) is 30.7 Å². The summed E-state index contributed by atoms with van der Waals surface area (Å²) >= 11 is 0. The lowest BCUT2D eigenvalue weighted by Crippen LogP contribution is -2.54. The fraction of sp³-hybridized carbons (Fsp3) is 1.00. The van der Waals surface area contributed by atoms with Gasteiger partial charge >= 0.3 is 0 Å². The van der Waals surface area contributed by atoms with Crippen LogP contribution in [0.2, 0.25) is 0 Å². The Morgan fingerprint density at radius 1 is 1.19 bits per heavy atom. The number of rotatable bonds is 6. The molecule has 7 N–H and O–H groups in total. The van der Waals surface area contributed by atoms with Gasteiger partial charge in [0.15, 0.2) is 0 Å². The molecule has 1 aliphatic carbocycles. The molecule has 3 unspecified atom stereocenters. The van der Waals surface area contributed by atoms with E-state index >= 15 is 0 Å². The minimum atomic E-state index is 0.0759. The van der Waals surface area contributed by atoms with E-state index in [1.165, 1.54) is 32.1 Å². The molecular weight excluding hydrogens is 200 g/mol. The Morgan fingerprint density at radius 3 is 2.31 bits per heavy atom. The Kier molecular flexibility index (Phi) is 6.28. The van der Waals surface area contributed by atoms with Crippen LogP contribution in [0.4, 0.5) is 0 Å². The van der Waals surface area contributed by atoms with Crippen LogP contribution in [0, 0.1) is 0 Å². The van der Waals surface area contributed by atoms with Crippen molar-refractivity contribution in [3.8, 4) is 0 Å². The summed E-state index contributed by atoms with van der Waals surface area (Å²) in [4.78, 5) is 0. The standard InChI is InChI=1S/C12H28N4/c1-9(14)7-11(15)12(8-13)16-10-5-3-2-4-6-10/h9-12,16H,2-8,13-15H2,1H3. The lowest BCUT2D eigenvalue weighted by atomic mass is 9.93. The van der Waals surface area contributed by atoms with Gasteiger partial charge < -0.3 is 22.5 Å². The highest BCUT2D eigenvalue weighted by atomic mass is 15.0. The highest BCUT2D eigenvalue weighted by Crippen LogP contribution is 2.18. The van der Waals surface area contributed by atoms with Crippen molar-refractivity contribution < 1.29 is 0 Å². The van der Waals surface area contributed by atoms with E-state index in [1.54, 1.807) is 0 Å². The van der Waals surface area contributed by atoms with Crippen molar-refractivity contribution in [1.29, 1.82) is 0 Å². The Bertz CT molecular complexity index is 178. The molecule has 1 saturated carbocycles. The monoisotopic (exact) mass is 228 g/mol. The smallest absolute Gasteiger partial charge is 0.0345 e. The van der Waals surface area contributed by atoms with E-state index in [2.05, 4.69) is 5.32 Å². The zero-order valence-corrected chi connectivity index (χ0v) is 10.5. The van der Waals surface area contributed by atoms with Crippen LogP contribution in [0.3, 0.4) is 0 Å². The number of nitrogens with two attached hydrogens (primary N) is 3. The van der Waals surface area contributed by atoms with Gasteiger partial charge in [0.25, 0.3) is 0 Å². The van der Waals surface area contributed by atoms with Crippen molar-refractivity contribution in [2.45, 2.75) is 69.6 Å². The summed E-state index contributed by atoms with van der Waals surface area (Å²) in [5.74, 6) is 0. The van der Waals surface area contributed by atoms with E-state index in [1.807, 2.05) is 6.92 Å². The van der Waals surface area contributed by atoms with Crippen LogP contribution in [0.15, 0.2) is 0 Å². The fourth-order valence-corrected chi connectivity index (χ4v) is 2.53. The molecule has 1 fully saturated rings. The van der Waals surface area contributed by atoms with Gasteiger partial charge in [0, 0.05) is 30.7 Å². The molecule has 0 radical (unpaired) electrons. The molecule has 3 atom stereocenters. The van der Waals surface area contributed by atoms with Gasteiger partial charge in [-0.25, -0.2) is 0 Å². The van der Waals surface area contributed by atoms with E-state index in [-0.39, 0.29) is 18.1 Å². The lowest BCUT2D eigenvalue weighted by Gasteiger charge is -2.31. The van der Waals surface area contributed by atoms with Crippen LogP contribution in [0.5, 0.6) is 0 Å². The van der Waals surface area contributed by atoms with Crippen molar-refractivity contribution in [1.82, 2.24) is 5.32 Å². The zero-order chi connectivity index (χ0) is 12.0. The zero-order valence-electron chi connectivity index (χ0n) is 10.5. The Labute approximate surface area is 99.3 Å². The third-order valence-electron chi connectivity index (χ3n) is 3.47. The van der Waals surface area contributed by atoms with Gasteiger partial charge in [0.2, 0.25) is 0 Å². The first-order valence-electron chi connectivity index (χ1n) is 6.60. The van der Waals surface area contributed by atoms with E-state index in [0.29, 0.717) is 12.6 Å². The highest BCUT2D eigenvalue weighted by molar-refractivity contribution is 4.86. The molecule has 0 saturated heterocycles. The molecule has 96 valence electrons. The molecule has 0 aromatic heterocycles. The number of nitrogens with one attached hydrogen (secondary N) is 1. The highest BCUT2D eigenvalue weighted by Gasteiger charge is 2.22. The summed E-state index contributed by atoms with van der Waals surface area (Å²) in [5.41, 5.74) is 17.7. The van der Waals surface area contributed by atoms with Gasteiger partial charge in [0.05, 0.1) is 0 Å². The van der Waals surface area contributed by atoms with Gasteiger partial charge in [-0.2, -0.15) is 0 Å². The predicted molar refractivity (Wildman–Crippen MR) is 69.1 cm³/mol. The molecular formula is C12H28N4. The third kappa shape index (κ3) is 4.78. The van der Waals surface area contributed by atoms with Crippen LogP contribution in [0.1, 0.15) is 45.4 Å². The van der Waals surface area contributed by atoms with Crippen molar-refractivity contribution >= 4 is 0 Å². The van der Waals surface area contributed by atoms with Crippen molar-refractivity contribution in [2.75, 3.05) is 6.54 Å². The van der Waals surface area contributed by atoms with Gasteiger partial charge in [0.1, 0.15) is 0 Å². The minimum Gasteiger partial charge on any atom is -0.329 e. The normalized spacial score (nSPS) is 24.0. The van der Waals surface area contributed by atoms with Crippen molar-refractivity contribution in [3.05, 3.63) is 0 Å². The molecule has 0 heterocycles. The average molecular weight is 228 g/mol. The van der Waals surface area contributed by atoms with Crippen LogP contribution in [-0.2, 0) is 0 Å². The number of hydrogen-bond acceptors (Lipinski definition) is 4. The summed E-state index contributed by atoms with van der Waals surface area (Å²) in [6, 6.07) is 1.06. The maximum atomic E-state index is 6.12. The molecule has 4 heteroatoms. The van der Waals surface area contributed by atoms with Crippen LogP contribution in [0.25, 0.3) is 0 Å². The van der Waals surface area contributed by atoms with Gasteiger partial charge in [-0.3, -0.25) is 0 Å². The quantitative estimate of drug-likeness (QED) is 0.526. The summed E-state index contributed by atoms with van der Waals surface area (Å²) < 4.78 is 0. The summed E-state index contributed by atoms with van der Waals surface area (Å²) in [6.45, 7) is 2.60. The Balaban J connectivity index is 2.34. The van der Waals surface area contributed by atoms with Gasteiger partial charge in [-0.05, 0) is 26.2 Å². The summed E-state index contributed by atoms with van der Waals surface area (Å²) in [5, 5.41) is 3.61. The van der Waals surface area contributed by atoms with Gasteiger partial charge in [-0.1, -0.05) is 19.3 Å². The maximum Gasteiger partial charge on any atom is 0.0345 e. The molecule has 0 bridgehead atoms. The third-order valence-corrected chi connectivity index (χ3v) is 3.47. The van der Waals surface area contributed by atoms with E-state index in [0.717, 1.165) is 6.42 Å². The molecule has 16 heavy (non-hydrogen) atoms. The van der Waals surface area contributed by atoms with E-state index < -0.39 is 0 Å². The molecule has 0 aliphatic heterocycles. The fourth-order valence-electron chi connectivity index (χ4n) is 2.53. The first-order chi connectivity index (χ1) is 7.63. The Hall–Kier alpha value is -0.160. The molecule has 0 aromatic carbocycles. The number of hydrogen-bond donors (Lipinski definition) is 4. The second-order valence-corrected chi connectivity index (χ2v) is 5.22. The molecule has 0 spiro atoms. The summed E-state index contributed by atoms with van der Waals surface area (Å²) in [6.07, 6.45) is 7.40. The molecule has 0 aromatic rings. The van der Waals surface area contributed by atoms with Crippen LogP contribution >= 0.6 is 0 Å². The van der Waals surface area contributed by atoms with Crippen molar-refractivity contribution in [3.63, 3.8) is 0 Å². The van der Waals surface area contributed by atoms with E-state index in [9.17, 15) is 0 Å². The first kappa shape index (κ1) is 13.9. The predicted octanol–water partition coefficient (Wildman–Crippen LogP) is 0.301. The minimum absolute atomic E-state index is 0.0759. The maximum absolute atomic E-state index is 6.12. The summed E-state index contributed by atoms with van der Waals surface area (Å²) in [7, 11) is 0. The molecule has 1 aliphatic rings. The molecule has 4 nitrogen and oxygen atoms in total. The largest absolute Gasteiger partial charge is 0.329 e. The second-order valence-electron chi connectivity index (χ2n) is 5.22. The molecule has 0 amide bonds. The second kappa shape index (κ2) is 7.22. The SMILES string of the molecule is CC(N)CC(N)C(CN)NC1CCCCC1. The van der Waals surface area contributed by atoms with E-state index in [4.69, 9.17) is 17.2 Å². The van der Waals surface area contributed by atoms with Crippen LogP contribution < -0.4 is 22.5 Å². The van der Waals surface area contributed by atoms with Gasteiger partial charge in [-0.15, -0.1) is 0 Å². The average Bonchev–Trinajstić information content (AvgIpc) is 2.26. The lowest BCUT2D eigenvalue weighted by molar-refractivity contribution is 0.304. The first-order valence-corrected chi connectivity index (χ1v) is 6.60. The topological polar surface area (TPSA) is 90.1 Å².